The normalized spacial score (nSPS) is 15.6. The first-order valence-electron chi connectivity index (χ1n) is 10.1. The van der Waals surface area contributed by atoms with Crippen molar-refractivity contribution in [2.75, 3.05) is 18.4 Å². The third-order valence-corrected chi connectivity index (χ3v) is 5.71. The summed E-state index contributed by atoms with van der Waals surface area (Å²) in [7, 11) is 0. The monoisotopic (exact) mass is 464 g/mol. The van der Waals surface area contributed by atoms with Crippen LogP contribution in [0.4, 0.5) is 18.9 Å². The highest BCUT2D eigenvalue weighted by atomic mass is 35.5. The van der Waals surface area contributed by atoms with Gasteiger partial charge in [-0.2, -0.15) is 18.2 Å². The molecule has 1 aromatic heterocycles. The van der Waals surface area contributed by atoms with E-state index in [2.05, 4.69) is 20.4 Å². The van der Waals surface area contributed by atoms with Gasteiger partial charge in [-0.25, -0.2) is 0 Å². The molecule has 32 heavy (non-hydrogen) atoms. The van der Waals surface area contributed by atoms with Crippen LogP contribution in [-0.4, -0.2) is 34.0 Å². The lowest BCUT2D eigenvalue weighted by Gasteiger charge is -2.30. The van der Waals surface area contributed by atoms with Crippen LogP contribution in [0.3, 0.4) is 0 Å². The second-order valence-corrected chi connectivity index (χ2v) is 8.01. The number of nitrogens with one attached hydrogen (secondary N) is 1. The summed E-state index contributed by atoms with van der Waals surface area (Å²) in [4.78, 5) is 19.0. The van der Waals surface area contributed by atoms with Gasteiger partial charge in [0, 0.05) is 17.2 Å². The van der Waals surface area contributed by atoms with Crippen molar-refractivity contribution in [2.24, 2.45) is 5.92 Å². The zero-order chi connectivity index (χ0) is 22.7. The first kappa shape index (κ1) is 22.3. The van der Waals surface area contributed by atoms with Crippen molar-refractivity contribution in [1.82, 2.24) is 15.0 Å². The molecule has 0 unspecified atom stereocenters. The van der Waals surface area contributed by atoms with E-state index in [-0.39, 0.29) is 11.8 Å². The van der Waals surface area contributed by atoms with Crippen molar-refractivity contribution in [3.05, 3.63) is 65.0 Å². The second kappa shape index (κ2) is 9.30. The number of hydrogen-bond acceptors (Lipinski definition) is 5. The molecule has 2 heterocycles. The Morgan fingerprint density at radius 2 is 1.81 bits per heavy atom. The van der Waals surface area contributed by atoms with Crippen LogP contribution in [-0.2, 0) is 17.5 Å². The molecule has 0 radical (unpaired) electrons. The number of carbonyl (C=O) groups is 1. The molecule has 3 aromatic rings. The van der Waals surface area contributed by atoms with Crippen LogP contribution in [0, 0.1) is 5.92 Å². The van der Waals surface area contributed by atoms with E-state index in [0.717, 1.165) is 12.1 Å². The van der Waals surface area contributed by atoms with E-state index in [0.29, 0.717) is 60.5 Å². The smallest absolute Gasteiger partial charge is 0.338 e. The average Bonchev–Trinajstić information content (AvgIpc) is 3.22. The van der Waals surface area contributed by atoms with Crippen molar-refractivity contribution in [1.29, 1.82) is 0 Å². The largest absolute Gasteiger partial charge is 0.416 e. The molecule has 1 N–H and O–H groups in total. The Morgan fingerprint density at radius 3 is 2.47 bits per heavy atom. The molecule has 1 fully saturated rings. The number of carbonyl (C=O) groups excluding carboxylic acids is 1. The lowest BCUT2D eigenvalue weighted by atomic mass is 9.96. The Hall–Kier alpha value is -2.91. The average molecular weight is 465 g/mol. The third-order valence-electron chi connectivity index (χ3n) is 5.38. The fraction of sp³-hybridized carbons (Fsp3) is 0.318. The van der Waals surface area contributed by atoms with Gasteiger partial charge in [0.2, 0.25) is 17.6 Å². The van der Waals surface area contributed by atoms with Gasteiger partial charge in [0.25, 0.3) is 0 Å². The van der Waals surface area contributed by atoms with Gasteiger partial charge in [0.15, 0.2) is 0 Å². The number of likely N-dealkylation sites (tertiary alicyclic amines) is 1. The van der Waals surface area contributed by atoms with Crippen LogP contribution in [0.2, 0.25) is 5.02 Å². The lowest BCUT2D eigenvalue weighted by molar-refractivity contribution is -0.137. The number of aromatic nitrogens is 2. The third kappa shape index (κ3) is 5.28. The van der Waals surface area contributed by atoms with E-state index in [1.807, 2.05) is 18.2 Å². The van der Waals surface area contributed by atoms with E-state index in [9.17, 15) is 18.0 Å². The molecular formula is C22H20ClF3N4O2. The van der Waals surface area contributed by atoms with Gasteiger partial charge < -0.3 is 9.84 Å². The van der Waals surface area contributed by atoms with E-state index < -0.39 is 11.7 Å². The minimum atomic E-state index is -4.40. The number of piperidine rings is 1. The van der Waals surface area contributed by atoms with Crippen molar-refractivity contribution < 1.29 is 22.5 Å². The van der Waals surface area contributed by atoms with Gasteiger partial charge in [0.1, 0.15) is 0 Å². The molecule has 4 rings (SSSR count). The van der Waals surface area contributed by atoms with Gasteiger partial charge in [-0.3, -0.25) is 9.69 Å². The van der Waals surface area contributed by atoms with Crippen LogP contribution in [0.25, 0.3) is 11.4 Å². The number of nitrogens with zero attached hydrogens (tertiary/aromatic N) is 3. The highest BCUT2D eigenvalue weighted by molar-refractivity contribution is 6.33. The van der Waals surface area contributed by atoms with Crippen molar-refractivity contribution in [3.8, 4) is 11.4 Å². The summed E-state index contributed by atoms with van der Waals surface area (Å²) in [6.45, 7) is 1.79. The van der Waals surface area contributed by atoms with Gasteiger partial charge in [-0.1, -0.05) is 28.9 Å². The fourth-order valence-electron chi connectivity index (χ4n) is 3.60. The number of amides is 1. The molecule has 1 aliphatic rings. The number of hydrogen-bond donors (Lipinski definition) is 1. The first-order chi connectivity index (χ1) is 15.3. The molecule has 1 amide bonds. The van der Waals surface area contributed by atoms with Crippen LogP contribution in [0.15, 0.2) is 53.1 Å². The van der Waals surface area contributed by atoms with Crippen LogP contribution in [0.5, 0.6) is 0 Å². The van der Waals surface area contributed by atoms with E-state index in [1.54, 1.807) is 6.07 Å². The van der Waals surface area contributed by atoms with Crippen LogP contribution >= 0.6 is 11.6 Å². The number of benzene rings is 2. The first-order valence-corrected chi connectivity index (χ1v) is 10.5. The zero-order valence-electron chi connectivity index (χ0n) is 16.9. The van der Waals surface area contributed by atoms with Crippen LogP contribution < -0.4 is 5.32 Å². The Morgan fingerprint density at radius 1 is 1.12 bits per heavy atom. The molecular weight excluding hydrogens is 445 g/mol. The standard InChI is InChI=1S/C22H20ClF3N4O2/c23-18-4-2-1-3-17(18)20-28-19(32-29-20)13-30-11-9-14(10-12-30)21(31)27-16-7-5-15(6-8-16)22(24,25)26/h1-8,14H,9-13H2,(H,27,31). The molecule has 6 nitrogen and oxygen atoms in total. The Bertz CT molecular complexity index is 1080. The molecule has 168 valence electrons. The van der Waals surface area contributed by atoms with E-state index in [1.165, 1.54) is 12.1 Å². The minimum Gasteiger partial charge on any atom is -0.338 e. The summed E-state index contributed by atoms with van der Waals surface area (Å²) < 4.78 is 43.3. The molecule has 1 saturated heterocycles. The van der Waals surface area contributed by atoms with E-state index >= 15 is 0 Å². The van der Waals surface area contributed by atoms with Crippen molar-refractivity contribution in [2.45, 2.75) is 25.6 Å². The topological polar surface area (TPSA) is 71.3 Å². The summed E-state index contributed by atoms with van der Waals surface area (Å²) in [5.74, 6) is 0.488. The Labute approximate surface area is 187 Å². The van der Waals surface area contributed by atoms with Crippen molar-refractivity contribution >= 4 is 23.2 Å². The highest BCUT2D eigenvalue weighted by Gasteiger charge is 2.30. The van der Waals surface area contributed by atoms with Crippen molar-refractivity contribution in [3.63, 3.8) is 0 Å². The Balaban J connectivity index is 1.28. The summed E-state index contributed by atoms with van der Waals surface area (Å²) >= 11 is 6.17. The van der Waals surface area contributed by atoms with E-state index in [4.69, 9.17) is 16.1 Å². The summed E-state index contributed by atoms with van der Waals surface area (Å²) in [6, 6.07) is 11.7. The van der Waals surface area contributed by atoms with Gasteiger partial charge in [-0.05, 0) is 62.3 Å². The molecule has 2 aromatic carbocycles. The predicted molar refractivity (Wildman–Crippen MR) is 113 cm³/mol. The SMILES string of the molecule is O=C(Nc1ccc(C(F)(F)F)cc1)C1CCN(Cc2nc(-c3ccccc3Cl)no2)CC1. The Kier molecular flexibility index (Phi) is 6.48. The maximum atomic E-state index is 12.7. The molecule has 0 atom stereocenters. The second-order valence-electron chi connectivity index (χ2n) is 7.61. The molecule has 0 bridgehead atoms. The minimum absolute atomic E-state index is 0.191. The molecule has 0 aliphatic carbocycles. The summed E-state index contributed by atoms with van der Waals surface area (Å²) in [5.41, 5.74) is 0.300. The van der Waals surface area contributed by atoms with Gasteiger partial charge in [-0.15, -0.1) is 0 Å². The zero-order valence-corrected chi connectivity index (χ0v) is 17.7. The summed E-state index contributed by atoms with van der Waals surface area (Å²) in [6.07, 6.45) is -3.15. The molecule has 0 saturated carbocycles. The molecule has 0 spiro atoms. The van der Waals surface area contributed by atoms with Gasteiger partial charge in [0.05, 0.1) is 17.1 Å². The number of alkyl halides is 3. The number of rotatable bonds is 5. The quantitative estimate of drug-likeness (QED) is 0.557. The van der Waals surface area contributed by atoms with Crippen LogP contribution in [0.1, 0.15) is 24.3 Å². The summed E-state index contributed by atoms with van der Waals surface area (Å²) in [5, 5.41) is 7.24. The fourth-order valence-corrected chi connectivity index (χ4v) is 3.82. The maximum absolute atomic E-state index is 12.7. The molecule has 1 aliphatic heterocycles. The lowest BCUT2D eigenvalue weighted by Crippen LogP contribution is -2.37. The number of anilines is 1. The molecule has 10 heteroatoms. The maximum Gasteiger partial charge on any atom is 0.416 e. The predicted octanol–water partition coefficient (Wildman–Crippen LogP) is 5.26. The van der Waals surface area contributed by atoms with Gasteiger partial charge >= 0.3 is 6.18 Å². The highest BCUT2D eigenvalue weighted by Crippen LogP contribution is 2.30. The number of halogens is 4.